The molecule has 0 aliphatic rings. The van der Waals surface area contributed by atoms with Crippen LogP contribution in [0.15, 0.2) is 30.3 Å². The first-order valence-corrected chi connectivity index (χ1v) is 3.24. The Morgan fingerprint density at radius 2 is 1.69 bits per heavy atom. The van der Waals surface area contributed by atoms with Crippen molar-refractivity contribution in [3.63, 3.8) is 0 Å². The predicted molar refractivity (Wildman–Crippen MR) is 54.0 cm³/mol. The fourth-order valence-electron chi connectivity index (χ4n) is 0.959. The maximum atomic E-state index is 12.5. The van der Waals surface area contributed by atoms with Gasteiger partial charge in [0.25, 0.3) is 0 Å². The van der Waals surface area contributed by atoms with E-state index < -0.39 is 5.95 Å². The van der Waals surface area contributed by atoms with Gasteiger partial charge in [-0.15, -0.1) is 35.0 Å². The number of aromatic nitrogens is 2. The molecule has 0 unspecified atom stereocenters. The van der Waals surface area contributed by atoms with Gasteiger partial charge in [-0.1, -0.05) is 18.2 Å². The van der Waals surface area contributed by atoms with Gasteiger partial charge in [0, 0.05) is 11.5 Å². The highest BCUT2D eigenvalue weighted by molar-refractivity contribution is 5.85. The summed E-state index contributed by atoms with van der Waals surface area (Å²) in [4.78, 5) is 0. The SMILES string of the molecule is Cl.Cl.Fc1cc2ccccc2nn1. The largest absolute Gasteiger partial charge is 0.233 e. The molecule has 1 aromatic heterocycles. The molecular weight excluding hydrogens is 214 g/mol. The number of hydrogen-bond donors (Lipinski definition) is 0. The Bertz CT molecular complexity index is 395. The highest BCUT2D eigenvalue weighted by Crippen LogP contribution is 2.09. The molecule has 0 aliphatic carbocycles. The minimum absolute atomic E-state index is 0. The van der Waals surface area contributed by atoms with Gasteiger partial charge in [0.05, 0.1) is 5.52 Å². The van der Waals surface area contributed by atoms with Gasteiger partial charge in [-0.2, -0.15) is 4.39 Å². The van der Waals surface area contributed by atoms with Crippen molar-refractivity contribution in [3.05, 3.63) is 36.3 Å². The molecule has 0 N–H and O–H groups in total. The second-order valence-electron chi connectivity index (χ2n) is 2.23. The topological polar surface area (TPSA) is 25.8 Å². The van der Waals surface area contributed by atoms with Gasteiger partial charge in [0.2, 0.25) is 5.95 Å². The number of nitrogens with zero attached hydrogens (tertiary/aromatic N) is 2. The van der Waals surface area contributed by atoms with E-state index >= 15 is 0 Å². The molecule has 1 aromatic carbocycles. The molecule has 5 heteroatoms. The third kappa shape index (κ3) is 2.50. The van der Waals surface area contributed by atoms with Gasteiger partial charge >= 0.3 is 0 Å². The van der Waals surface area contributed by atoms with Crippen LogP contribution in [0.1, 0.15) is 0 Å². The summed E-state index contributed by atoms with van der Waals surface area (Å²) in [6.45, 7) is 0. The molecular formula is C8H7Cl2FN2. The van der Waals surface area contributed by atoms with Crippen molar-refractivity contribution in [3.8, 4) is 0 Å². The first kappa shape index (κ1) is 12.1. The fourth-order valence-corrected chi connectivity index (χ4v) is 0.959. The van der Waals surface area contributed by atoms with Gasteiger partial charge in [0.1, 0.15) is 0 Å². The summed E-state index contributed by atoms with van der Waals surface area (Å²) in [6, 6.07) is 8.63. The lowest BCUT2D eigenvalue weighted by atomic mass is 10.2. The van der Waals surface area contributed by atoms with E-state index in [0.717, 1.165) is 5.39 Å². The van der Waals surface area contributed by atoms with Crippen LogP contribution in [0.25, 0.3) is 10.9 Å². The quantitative estimate of drug-likeness (QED) is 0.683. The van der Waals surface area contributed by atoms with Crippen molar-refractivity contribution in [1.82, 2.24) is 10.2 Å². The third-order valence-electron chi connectivity index (χ3n) is 1.46. The Kier molecular flexibility index (Phi) is 4.59. The fraction of sp³-hybridized carbons (Fsp3) is 0. The van der Waals surface area contributed by atoms with Crippen molar-refractivity contribution in [2.45, 2.75) is 0 Å². The lowest BCUT2D eigenvalue weighted by molar-refractivity contribution is 0.568. The number of hydrogen-bond acceptors (Lipinski definition) is 2. The van der Waals surface area contributed by atoms with Crippen LogP contribution >= 0.6 is 24.8 Å². The minimum atomic E-state index is -0.538. The zero-order valence-electron chi connectivity index (χ0n) is 6.48. The summed E-state index contributed by atoms with van der Waals surface area (Å²) in [5.41, 5.74) is 0.717. The number of rotatable bonds is 0. The number of benzene rings is 1. The summed E-state index contributed by atoms with van der Waals surface area (Å²) in [6.07, 6.45) is 0. The smallest absolute Gasteiger partial charge is 0.183 e. The normalized spacial score (nSPS) is 8.69. The van der Waals surface area contributed by atoms with Gasteiger partial charge < -0.3 is 0 Å². The monoisotopic (exact) mass is 220 g/mol. The zero-order chi connectivity index (χ0) is 7.68. The van der Waals surface area contributed by atoms with Crippen LogP contribution in [0.4, 0.5) is 4.39 Å². The second-order valence-corrected chi connectivity index (χ2v) is 2.23. The summed E-state index contributed by atoms with van der Waals surface area (Å²) >= 11 is 0. The van der Waals surface area contributed by atoms with Crippen molar-refractivity contribution >= 4 is 35.7 Å². The zero-order valence-corrected chi connectivity index (χ0v) is 8.11. The third-order valence-corrected chi connectivity index (χ3v) is 1.46. The average Bonchev–Trinajstić information content (AvgIpc) is 2.04. The van der Waals surface area contributed by atoms with Gasteiger partial charge in [-0.3, -0.25) is 0 Å². The minimum Gasteiger partial charge on any atom is -0.183 e. The van der Waals surface area contributed by atoms with Gasteiger partial charge in [-0.25, -0.2) is 0 Å². The molecule has 0 spiro atoms. The number of halogens is 3. The Morgan fingerprint density at radius 1 is 1.00 bits per heavy atom. The van der Waals surface area contributed by atoms with Crippen LogP contribution in [-0.2, 0) is 0 Å². The molecule has 2 rings (SSSR count). The molecule has 13 heavy (non-hydrogen) atoms. The van der Waals surface area contributed by atoms with E-state index in [1.165, 1.54) is 6.07 Å². The van der Waals surface area contributed by atoms with E-state index in [2.05, 4.69) is 10.2 Å². The molecule has 1 heterocycles. The van der Waals surface area contributed by atoms with Gasteiger partial charge in [-0.05, 0) is 6.07 Å². The molecule has 2 nitrogen and oxygen atoms in total. The lowest BCUT2D eigenvalue weighted by Gasteiger charge is -1.92. The number of fused-ring (bicyclic) bond motifs is 1. The first-order chi connectivity index (χ1) is 5.36. The predicted octanol–water partition coefficient (Wildman–Crippen LogP) is 2.61. The van der Waals surface area contributed by atoms with E-state index in [1.807, 2.05) is 12.1 Å². The van der Waals surface area contributed by atoms with Crippen molar-refractivity contribution in [2.24, 2.45) is 0 Å². The van der Waals surface area contributed by atoms with Crippen LogP contribution in [0, 0.1) is 5.95 Å². The first-order valence-electron chi connectivity index (χ1n) is 3.24. The highest BCUT2D eigenvalue weighted by Gasteiger charge is 1.95. The lowest BCUT2D eigenvalue weighted by Crippen LogP contribution is -1.86. The standard InChI is InChI=1S/C8H5FN2.2ClH/c9-8-5-6-3-1-2-4-7(6)10-11-8;;/h1-5H;2*1H. The van der Waals surface area contributed by atoms with Crippen molar-refractivity contribution in [2.75, 3.05) is 0 Å². The maximum Gasteiger partial charge on any atom is 0.233 e. The van der Waals surface area contributed by atoms with E-state index in [-0.39, 0.29) is 24.8 Å². The average molecular weight is 221 g/mol. The molecule has 0 saturated carbocycles. The van der Waals surface area contributed by atoms with E-state index in [0.29, 0.717) is 5.52 Å². The molecule has 0 saturated heterocycles. The summed E-state index contributed by atoms with van der Waals surface area (Å²) in [7, 11) is 0. The molecule has 0 amide bonds. The molecule has 0 aliphatic heterocycles. The van der Waals surface area contributed by atoms with Crippen molar-refractivity contribution < 1.29 is 4.39 Å². The van der Waals surface area contributed by atoms with Crippen LogP contribution in [0.3, 0.4) is 0 Å². The highest BCUT2D eigenvalue weighted by atomic mass is 35.5. The molecule has 0 fully saturated rings. The second kappa shape index (κ2) is 4.94. The Hall–Kier alpha value is -0.930. The van der Waals surface area contributed by atoms with Crippen LogP contribution in [-0.4, -0.2) is 10.2 Å². The Labute approximate surface area is 87.0 Å². The summed E-state index contributed by atoms with van der Waals surface area (Å²) in [5, 5.41) is 7.72. The van der Waals surface area contributed by atoms with E-state index in [9.17, 15) is 4.39 Å². The molecule has 0 atom stereocenters. The molecule has 0 bridgehead atoms. The molecule has 0 radical (unpaired) electrons. The Balaban J connectivity index is 0.000000720. The molecule has 2 aromatic rings. The summed E-state index contributed by atoms with van der Waals surface area (Å²) in [5.74, 6) is -0.538. The van der Waals surface area contributed by atoms with Crippen LogP contribution in [0.5, 0.6) is 0 Å². The van der Waals surface area contributed by atoms with E-state index in [1.54, 1.807) is 12.1 Å². The van der Waals surface area contributed by atoms with E-state index in [4.69, 9.17) is 0 Å². The maximum absolute atomic E-state index is 12.5. The Morgan fingerprint density at radius 3 is 2.46 bits per heavy atom. The summed E-state index contributed by atoms with van der Waals surface area (Å²) < 4.78 is 12.5. The molecule has 70 valence electrons. The van der Waals surface area contributed by atoms with Crippen molar-refractivity contribution in [1.29, 1.82) is 0 Å². The van der Waals surface area contributed by atoms with Crippen LogP contribution in [0.2, 0.25) is 0 Å². The van der Waals surface area contributed by atoms with Crippen LogP contribution < -0.4 is 0 Å². The van der Waals surface area contributed by atoms with Gasteiger partial charge in [0.15, 0.2) is 0 Å².